The standard InChI is InChI=1S/C15H24N4OS/c1-9-4-2-7-11(8-9)17-14(20)12-13(16)19-15(21-12)18-10-5-3-6-10/h9-11H,2-8,16H2,1H3,(H,17,20)(H,18,19). The minimum Gasteiger partial charge on any atom is -0.382 e. The van der Waals surface area contributed by atoms with Gasteiger partial charge in [0.15, 0.2) is 5.13 Å². The molecule has 2 atom stereocenters. The van der Waals surface area contributed by atoms with Crippen molar-refractivity contribution in [1.82, 2.24) is 10.3 Å². The molecule has 0 aromatic carbocycles. The molecule has 2 saturated carbocycles. The molecule has 6 heteroatoms. The second kappa shape index (κ2) is 6.22. The van der Waals surface area contributed by atoms with Crippen molar-refractivity contribution in [2.45, 2.75) is 64.0 Å². The molecule has 2 aliphatic carbocycles. The van der Waals surface area contributed by atoms with Crippen molar-refractivity contribution >= 4 is 28.2 Å². The van der Waals surface area contributed by atoms with E-state index in [0.717, 1.165) is 18.0 Å². The molecule has 0 spiro atoms. The number of anilines is 2. The van der Waals surface area contributed by atoms with E-state index in [1.807, 2.05) is 0 Å². The Labute approximate surface area is 129 Å². The van der Waals surface area contributed by atoms with Gasteiger partial charge in [0.25, 0.3) is 5.91 Å². The van der Waals surface area contributed by atoms with E-state index in [9.17, 15) is 4.79 Å². The van der Waals surface area contributed by atoms with Crippen LogP contribution in [0.2, 0.25) is 0 Å². The SMILES string of the molecule is CC1CCCC(NC(=O)c2sc(NC3CCC3)nc2N)C1. The van der Waals surface area contributed by atoms with Crippen LogP contribution >= 0.6 is 11.3 Å². The molecular formula is C15H24N4OS. The summed E-state index contributed by atoms with van der Waals surface area (Å²) in [4.78, 5) is 17.2. The number of rotatable bonds is 4. The quantitative estimate of drug-likeness (QED) is 0.799. The first-order valence-electron chi connectivity index (χ1n) is 7.95. The number of aromatic nitrogens is 1. The highest BCUT2D eigenvalue weighted by atomic mass is 32.1. The molecular weight excluding hydrogens is 284 g/mol. The summed E-state index contributed by atoms with van der Waals surface area (Å²) in [5, 5.41) is 7.25. The minimum absolute atomic E-state index is 0.0641. The Bertz CT molecular complexity index is 512. The average molecular weight is 308 g/mol. The van der Waals surface area contributed by atoms with E-state index >= 15 is 0 Å². The molecule has 4 N–H and O–H groups in total. The van der Waals surface area contributed by atoms with Crippen LogP contribution in [0, 0.1) is 5.92 Å². The van der Waals surface area contributed by atoms with Crippen LogP contribution in [0.3, 0.4) is 0 Å². The van der Waals surface area contributed by atoms with Gasteiger partial charge in [-0.05, 0) is 38.0 Å². The highest BCUT2D eigenvalue weighted by Gasteiger charge is 2.24. The predicted octanol–water partition coefficient (Wildman–Crippen LogP) is 3.00. The van der Waals surface area contributed by atoms with E-state index in [0.29, 0.717) is 22.7 Å². The zero-order valence-electron chi connectivity index (χ0n) is 12.5. The first kappa shape index (κ1) is 14.6. The Morgan fingerprint density at radius 3 is 2.62 bits per heavy atom. The molecule has 1 heterocycles. The summed E-state index contributed by atoms with van der Waals surface area (Å²) in [6, 6.07) is 0.788. The molecule has 0 radical (unpaired) electrons. The van der Waals surface area contributed by atoms with Crippen LogP contribution in [0.1, 0.15) is 61.5 Å². The first-order valence-corrected chi connectivity index (χ1v) is 8.77. The molecule has 116 valence electrons. The number of hydrogen-bond acceptors (Lipinski definition) is 5. The van der Waals surface area contributed by atoms with Gasteiger partial charge in [-0.15, -0.1) is 0 Å². The molecule has 1 aromatic rings. The van der Waals surface area contributed by atoms with E-state index in [2.05, 4.69) is 22.5 Å². The lowest BCUT2D eigenvalue weighted by molar-refractivity contribution is 0.0926. The van der Waals surface area contributed by atoms with E-state index < -0.39 is 0 Å². The van der Waals surface area contributed by atoms with Crippen molar-refractivity contribution in [1.29, 1.82) is 0 Å². The van der Waals surface area contributed by atoms with Gasteiger partial charge in [-0.2, -0.15) is 0 Å². The first-order chi connectivity index (χ1) is 10.1. The van der Waals surface area contributed by atoms with E-state index in [4.69, 9.17) is 5.73 Å². The van der Waals surface area contributed by atoms with Gasteiger partial charge in [-0.25, -0.2) is 4.98 Å². The molecule has 2 unspecified atom stereocenters. The lowest BCUT2D eigenvalue weighted by Gasteiger charge is -2.27. The monoisotopic (exact) mass is 308 g/mol. The third-order valence-corrected chi connectivity index (χ3v) is 5.57. The molecule has 0 aliphatic heterocycles. The van der Waals surface area contributed by atoms with Crippen LogP contribution in [0.5, 0.6) is 0 Å². The van der Waals surface area contributed by atoms with Crippen LogP contribution < -0.4 is 16.4 Å². The highest BCUT2D eigenvalue weighted by molar-refractivity contribution is 7.18. The number of carbonyl (C=O) groups excluding carboxylic acids is 1. The number of nitrogens with zero attached hydrogens (tertiary/aromatic N) is 1. The Balaban J connectivity index is 1.60. The van der Waals surface area contributed by atoms with Gasteiger partial charge in [0, 0.05) is 12.1 Å². The Kier molecular flexibility index (Phi) is 4.33. The predicted molar refractivity (Wildman–Crippen MR) is 86.7 cm³/mol. The number of thiazole rings is 1. The molecule has 2 fully saturated rings. The second-order valence-corrected chi connectivity index (χ2v) is 7.45. The lowest BCUT2D eigenvalue weighted by atomic mass is 9.87. The Morgan fingerprint density at radius 1 is 1.24 bits per heavy atom. The summed E-state index contributed by atoms with van der Waals surface area (Å²) >= 11 is 1.38. The van der Waals surface area contributed by atoms with Gasteiger partial charge in [0.1, 0.15) is 10.7 Å². The molecule has 2 aliphatic rings. The third kappa shape index (κ3) is 3.48. The largest absolute Gasteiger partial charge is 0.382 e. The lowest BCUT2D eigenvalue weighted by Crippen LogP contribution is -2.37. The van der Waals surface area contributed by atoms with E-state index in [1.54, 1.807) is 0 Å². The fourth-order valence-corrected chi connectivity index (χ4v) is 3.96. The Hall–Kier alpha value is -1.30. The molecule has 5 nitrogen and oxygen atoms in total. The van der Waals surface area contributed by atoms with Crippen LogP contribution in [0.4, 0.5) is 10.9 Å². The molecule has 1 amide bonds. The van der Waals surface area contributed by atoms with E-state index in [-0.39, 0.29) is 11.9 Å². The Morgan fingerprint density at radius 2 is 1.95 bits per heavy atom. The highest BCUT2D eigenvalue weighted by Crippen LogP contribution is 2.30. The normalized spacial score (nSPS) is 26.1. The fraction of sp³-hybridized carbons (Fsp3) is 0.733. The molecule has 1 aromatic heterocycles. The van der Waals surface area contributed by atoms with Crippen molar-refractivity contribution in [3.05, 3.63) is 4.88 Å². The van der Waals surface area contributed by atoms with Gasteiger partial charge in [-0.3, -0.25) is 4.79 Å². The molecule has 0 bridgehead atoms. The summed E-state index contributed by atoms with van der Waals surface area (Å²) in [6.07, 6.45) is 8.23. The number of carbonyl (C=O) groups is 1. The smallest absolute Gasteiger partial charge is 0.265 e. The topological polar surface area (TPSA) is 80.0 Å². The number of hydrogen-bond donors (Lipinski definition) is 3. The summed E-state index contributed by atoms with van der Waals surface area (Å²) in [5.74, 6) is 0.979. The number of amides is 1. The maximum Gasteiger partial charge on any atom is 0.265 e. The summed E-state index contributed by atoms with van der Waals surface area (Å²) in [6.45, 7) is 2.25. The molecule has 3 rings (SSSR count). The minimum atomic E-state index is -0.0641. The summed E-state index contributed by atoms with van der Waals surface area (Å²) in [5.41, 5.74) is 5.91. The van der Waals surface area contributed by atoms with Crippen LogP contribution in [-0.2, 0) is 0 Å². The van der Waals surface area contributed by atoms with Gasteiger partial charge in [-0.1, -0.05) is 31.1 Å². The number of nitrogen functional groups attached to an aromatic ring is 1. The van der Waals surface area contributed by atoms with Crippen molar-refractivity contribution in [2.24, 2.45) is 5.92 Å². The van der Waals surface area contributed by atoms with Gasteiger partial charge in [0.05, 0.1) is 0 Å². The van der Waals surface area contributed by atoms with Crippen molar-refractivity contribution < 1.29 is 4.79 Å². The molecule has 0 saturated heterocycles. The van der Waals surface area contributed by atoms with Gasteiger partial charge < -0.3 is 16.4 Å². The van der Waals surface area contributed by atoms with Crippen molar-refractivity contribution in [2.75, 3.05) is 11.1 Å². The summed E-state index contributed by atoms with van der Waals surface area (Å²) < 4.78 is 0. The zero-order valence-corrected chi connectivity index (χ0v) is 13.3. The van der Waals surface area contributed by atoms with Crippen LogP contribution in [0.25, 0.3) is 0 Å². The van der Waals surface area contributed by atoms with Gasteiger partial charge >= 0.3 is 0 Å². The molecule has 21 heavy (non-hydrogen) atoms. The zero-order chi connectivity index (χ0) is 14.8. The van der Waals surface area contributed by atoms with Gasteiger partial charge in [0.2, 0.25) is 0 Å². The number of nitrogens with two attached hydrogens (primary N) is 1. The van der Waals surface area contributed by atoms with Crippen molar-refractivity contribution in [3.63, 3.8) is 0 Å². The maximum absolute atomic E-state index is 12.4. The van der Waals surface area contributed by atoms with Crippen molar-refractivity contribution in [3.8, 4) is 0 Å². The third-order valence-electron chi connectivity index (χ3n) is 4.56. The number of nitrogens with one attached hydrogen (secondary N) is 2. The fourth-order valence-electron chi connectivity index (χ4n) is 3.10. The van der Waals surface area contributed by atoms with E-state index in [1.165, 1.54) is 43.4 Å². The maximum atomic E-state index is 12.4. The average Bonchev–Trinajstić information content (AvgIpc) is 2.75. The summed E-state index contributed by atoms with van der Waals surface area (Å²) in [7, 11) is 0. The second-order valence-electron chi connectivity index (χ2n) is 6.45. The van der Waals surface area contributed by atoms with Crippen LogP contribution in [-0.4, -0.2) is 23.0 Å². The van der Waals surface area contributed by atoms with Crippen LogP contribution in [0.15, 0.2) is 0 Å².